The first-order chi connectivity index (χ1) is 7.99. The predicted octanol–water partition coefficient (Wildman–Crippen LogP) is 2.28. The molecule has 1 aliphatic rings. The quantitative estimate of drug-likeness (QED) is 0.837. The molecule has 1 aromatic rings. The van der Waals surface area contributed by atoms with Crippen molar-refractivity contribution in [3.8, 4) is 0 Å². The highest BCUT2D eigenvalue weighted by molar-refractivity contribution is 5.36. The van der Waals surface area contributed by atoms with Gasteiger partial charge in [-0.25, -0.2) is 0 Å². The van der Waals surface area contributed by atoms with E-state index in [-0.39, 0.29) is 12.2 Å². The molecule has 1 atom stereocenters. The highest BCUT2D eigenvalue weighted by Gasteiger charge is 2.42. The molecule has 0 bridgehead atoms. The van der Waals surface area contributed by atoms with Crippen molar-refractivity contribution in [2.75, 3.05) is 13.2 Å². The summed E-state index contributed by atoms with van der Waals surface area (Å²) in [7, 11) is 0. The van der Waals surface area contributed by atoms with Gasteiger partial charge in [0.25, 0.3) is 0 Å². The number of aliphatic hydroxyl groups excluding tert-OH is 1. The zero-order valence-corrected chi connectivity index (χ0v) is 9.22. The van der Waals surface area contributed by atoms with Crippen molar-refractivity contribution >= 4 is 0 Å². The minimum Gasteiger partial charge on any atom is -0.394 e. The smallest absolute Gasteiger partial charge is 0.394 e. The number of nitrogens with one attached hydrogen (secondary N) is 1. The molecule has 17 heavy (non-hydrogen) atoms. The van der Waals surface area contributed by atoms with Gasteiger partial charge in [0.15, 0.2) is 0 Å². The Hall–Kier alpha value is -1.07. The molecular weight excluding hydrogens is 231 g/mol. The Morgan fingerprint density at radius 1 is 1.29 bits per heavy atom. The van der Waals surface area contributed by atoms with Crippen LogP contribution in [0.1, 0.15) is 24.0 Å². The van der Waals surface area contributed by atoms with Crippen LogP contribution in [0.2, 0.25) is 0 Å². The molecule has 1 saturated heterocycles. The summed E-state index contributed by atoms with van der Waals surface area (Å²) in [5.74, 6) is 0. The van der Waals surface area contributed by atoms with E-state index >= 15 is 0 Å². The topological polar surface area (TPSA) is 32.3 Å². The summed E-state index contributed by atoms with van der Waals surface area (Å²) in [6, 6.07) is 5.44. The minimum atomic E-state index is -4.39. The number of rotatable bonds is 2. The molecule has 0 saturated carbocycles. The van der Waals surface area contributed by atoms with E-state index in [2.05, 4.69) is 5.32 Å². The molecule has 1 aromatic carbocycles. The highest BCUT2D eigenvalue weighted by atomic mass is 19.4. The Morgan fingerprint density at radius 3 is 2.53 bits per heavy atom. The van der Waals surface area contributed by atoms with Crippen LogP contribution in [0.3, 0.4) is 0 Å². The third-order valence-corrected chi connectivity index (χ3v) is 3.26. The number of benzene rings is 1. The van der Waals surface area contributed by atoms with Gasteiger partial charge >= 0.3 is 6.18 Å². The number of hydrogen-bond donors (Lipinski definition) is 2. The summed E-state index contributed by atoms with van der Waals surface area (Å²) in [5.41, 5.74) is -1.46. The molecule has 2 nitrogen and oxygen atoms in total. The van der Waals surface area contributed by atoms with Gasteiger partial charge in [0, 0.05) is 0 Å². The molecule has 0 amide bonds. The van der Waals surface area contributed by atoms with Gasteiger partial charge in [0.1, 0.15) is 0 Å². The second-order valence-corrected chi connectivity index (χ2v) is 4.31. The summed E-state index contributed by atoms with van der Waals surface area (Å²) in [6.07, 6.45) is -3.09. The van der Waals surface area contributed by atoms with Gasteiger partial charge in [-0.2, -0.15) is 13.2 Å². The van der Waals surface area contributed by atoms with Gasteiger partial charge in [0.2, 0.25) is 0 Å². The van der Waals surface area contributed by atoms with E-state index in [1.807, 2.05) is 0 Å². The van der Waals surface area contributed by atoms with Crippen LogP contribution in [-0.4, -0.2) is 18.3 Å². The van der Waals surface area contributed by atoms with E-state index in [1.54, 1.807) is 6.07 Å². The molecule has 1 fully saturated rings. The maximum absolute atomic E-state index is 12.9. The summed E-state index contributed by atoms with van der Waals surface area (Å²) in [5, 5.41) is 12.4. The molecule has 1 aliphatic heterocycles. The fraction of sp³-hybridized carbons (Fsp3) is 0.500. The van der Waals surface area contributed by atoms with Crippen molar-refractivity contribution in [2.24, 2.45) is 0 Å². The third-order valence-electron chi connectivity index (χ3n) is 3.26. The highest BCUT2D eigenvalue weighted by Crippen LogP contribution is 2.39. The van der Waals surface area contributed by atoms with Crippen LogP contribution in [0.5, 0.6) is 0 Å². The maximum atomic E-state index is 12.9. The van der Waals surface area contributed by atoms with E-state index in [9.17, 15) is 18.3 Å². The molecule has 5 heteroatoms. The van der Waals surface area contributed by atoms with Crippen LogP contribution in [0, 0.1) is 0 Å². The Morgan fingerprint density at radius 2 is 2.00 bits per heavy atom. The Bertz CT molecular complexity index is 397. The van der Waals surface area contributed by atoms with Crippen molar-refractivity contribution in [3.05, 3.63) is 35.4 Å². The lowest BCUT2D eigenvalue weighted by molar-refractivity contribution is -0.139. The molecule has 0 spiro atoms. The molecular formula is C12H14F3NO. The fourth-order valence-electron chi connectivity index (χ4n) is 2.40. The summed E-state index contributed by atoms with van der Waals surface area (Å²) in [6.45, 7) is 0.312. The zero-order valence-electron chi connectivity index (χ0n) is 9.22. The first-order valence-electron chi connectivity index (χ1n) is 5.52. The Kier molecular flexibility index (Phi) is 3.14. The maximum Gasteiger partial charge on any atom is 0.416 e. The van der Waals surface area contributed by atoms with Gasteiger partial charge in [-0.1, -0.05) is 18.2 Å². The average molecular weight is 245 g/mol. The molecule has 1 heterocycles. The second kappa shape index (κ2) is 4.31. The lowest BCUT2D eigenvalue weighted by Crippen LogP contribution is -2.42. The number of aliphatic hydroxyl groups is 1. The standard InChI is InChI=1S/C12H14F3NO/c13-12(14,15)10-5-2-1-4-9(10)11(8-17)6-3-7-16-11/h1-2,4-5,16-17H,3,6-8H2. The normalized spacial score (nSPS) is 25.2. The van der Waals surface area contributed by atoms with Gasteiger partial charge in [-0.3, -0.25) is 0 Å². The SMILES string of the molecule is OCC1(c2ccccc2C(F)(F)F)CCCN1. The number of halogens is 3. The van der Waals surface area contributed by atoms with Gasteiger partial charge < -0.3 is 10.4 Å². The van der Waals surface area contributed by atoms with Gasteiger partial charge in [-0.15, -0.1) is 0 Å². The average Bonchev–Trinajstić information content (AvgIpc) is 2.78. The Balaban J connectivity index is 2.51. The lowest BCUT2D eigenvalue weighted by atomic mass is 9.85. The largest absolute Gasteiger partial charge is 0.416 e. The third kappa shape index (κ3) is 2.17. The minimum absolute atomic E-state index is 0.146. The van der Waals surface area contributed by atoms with Crippen molar-refractivity contribution in [1.29, 1.82) is 0 Å². The first-order valence-corrected chi connectivity index (χ1v) is 5.52. The van der Waals surface area contributed by atoms with E-state index in [1.165, 1.54) is 12.1 Å². The van der Waals surface area contributed by atoms with E-state index in [0.29, 0.717) is 13.0 Å². The number of alkyl halides is 3. The van der Waals surface area contributed by atoms with Crippen molar-refractivity contribution in [1.82, 2.24) is 5.32 Å². The molecule has 1 unspecified atom stereocenters. The monoisotopic (exact) mass is 245 g/mol. The Labute approximate surface area is 97.5 Å². The van der Waals surface area contributed by atoms with Gasteiger partial charge in [0.05, 0.1) is 17.7 Å². The summed E-state index contributed by atoms with van der Waals surface area (Å²) in [4.78, 5) is 0. The summed E-state index contributed by atoms with van der Waals surface area (Å²) >= 11 is 0. The van der Waals surface area contributed by atoms with E-state index in [4.69, 9.17) is 0 Å². The lowest BCUT2D eigenvalue weighted by Gasteiger charge is -2.30. The van der Waals surface area contributed by atoms with Crippen LogP contribution in [0.25, 0.3) is 0 Å². The second-order valence-electron chi connectivity index (χ2n) is 4.31. The summed E-state index contributed by atoms with van der Waals surface area (Å²) < 4.78 is 38.7. The molecule has 0 aliphatic carbocycles. The predicted molar refractivity (Wildman–Crippen MR) is 57.4 cm³/mol. The van der Waals surface area contributed by atoms with Crippen LogP contribution in [0.4, 0.5) is 13.2 Å². The van der Waals surface area contributed by atoms with Crippen LogP contribution >= 0.6 is 0 Å². The van der Waals surface area contributed by atoms with Crippen LogP contribution in [0.15, 0.2) is 24.3 Å². The zero-order chi connectivity index (χ0) is 12.5. The van der Waals surface area contributed by atoms with Crippen LogP contribution in [-0.2, 0) is 11.7 Å². The van der Waals surface area contributed by atoms with Crippen molar-refractivity contribution in [2.45, 2.75) is 24.6 Å². The first kappa shape index (κ1) is 12.4. The van der Waals surface area contributed by atoms with Crippen molar-refractivity contribution < 1.29 is 18.3 Å². The van der Waals surface area contributed by atoms with Crippen molar-refractivity contribution in [3.63, 3.8) is 0 Å². The van der Waals surface area contributed by atoms with E-state index in [0.717, 1.165) is 12.5 Å². The molecule has 2 N–H and O–H groups in total. The molecule has 0 radical (unpaired) electrons. The molecule has 2 rings (SSSR count). The molecule has 0 aromatic heterocycles. The fourth-order valence-corrected chi connectivity index (χ4v) is 2.40. The van der Waals surface area contributed by atoms with Gasteiger partial charge in [-0.05, 0) is 31.0 Å². The molecule has 94 valence electrons. The number of hydrogen-bond acceptors (Lipinski definition) is 2. The van der Waals surface area contributed by atoms with E-state index < -0.39 is 17.3 Å². The van der Waals surface area contributed by atoms with Crippen LogP contribution < -0.4 is 5.32 Å².